The van der Waals surface area contributed by atoms with Crippen LogP contribution >= 0.6 is 0 Å². The van der Waals surface area contributed by atoms with Crippen molar-refractivity contribution in [3.63, 3.8) is 0 Å². The highest BCUT2D eigenvalue weighted by atomic mass is 16.4. The number of carboxylic acids is 1. The zero-order chi connectivity index (χ0) is 11.3. The molecule has 0 rings (SSSR count). The van der Waals surface area contributed by atoms with Crippen molar-refractivity contribution in [2.75, 3.05) is 0 Å². The number of rotatable bonds is 5. The number of aliphatic carboxylic acids is 1. The summed E-state index contributed by atoms with van der Waals surface area (Å²) in [6.07, 6.45) is -0.738. The van der Waals surface area contributed by atoms with Crippen LogP contribution in [0.25, 0.3) is 0 Å². The molecule has 3 atom stereocenters. The van der Waals surface area contributed by atoms with Crippen molar-refractivity contribution in [3.8, 4) is 0 Å². The summed E-state index contributed by atoms with van der Waals surface area (Å²) < 4.78 is 0. The van der Waals surface area contributed by atoms with E-state index in [2.05, 4.69) is 5.32 Å². The normalized spacial score (nSPS) is 16.9. The predicted octanol–water partition coefficient (Wildman–Crippen LogP) is -1.33. The van der Waals surface area contributed by atoms with Gasteiger partial charge < -0.3 is 21.3 Å². The summed E-state index contributed by atoms with van der Waals surface area (Å²) in [5, 5.41) is 19.8. The second-order valence-corrected chi connectivity index (χ2v) is 3.08. The van der Waals surface area contributed by atoms with E-state index in [0.29, 0.717) is 6.42 Å². The van der Waals surface area contributed by atoms with E-state index in [4.69, 9.17) is 15.9 Å². The number of aliphatic hydroxyl groups is 1. The second-order valence-electron chi connectivity index (χ2n) is 3.08. The Labute approximate surface area is 82.1 Å². The van der Waals surface area contributed by atoms with Gasteiger partial charge in [-0.05, 0) is 13.3 Å². The van der Waals surface area contributed by atoms with Gasteiger partial charge in [-0.3, -0.25) is 4.79 Å². The van der Waals surface area contributed by atoms with Gasteiger partial charge in [0.25, 0.3) is 0 Å². The van der Waals surface area contributed by atoms with Gasteiger partial charge in [-0.2, -0.15) is 0 Å². The fourth-order valence-corrected chi connectivity index (χ4v) is 0.834. The molecule has 0 spiro atoms. The number of hydrogen-bond acceptors (Lipinski definition) is 4. The summed E-state index contributed by atoms with van der Waals surface area (Å²) in [5.41, 5.74) is 5.38. The van der Waals surface area contributed by atoms with Crippen LogP contribution < -0.4 is 11.1 Å². The molecule has 6 heteroatoms. The number of amides is 1. The first-order chi connectivity index (χ1) is 6.40. The molecule has 6 nitrogen and oxygen atoms in total. The molecular weight excluding hydrogens is 188 g/mol. The van der Waals surface area contributed by atoms with Crippen molar-refractivity contribution in [3.05, 3.63) is 0 Å². The fourth-order valence-electron chi connectivity index (χ4n) is 0.834. The molecule has 5 N–H and O–H groups in total. The van der Waals surface area contributed by atoms with Crippen LogP contribution in [0.15, 0.2) is 0 Å². The van der Waals surface area contributed by atoms with E-state index in [9.17, 15) is 9.59 Å². The van der Waals surface area contributed by atoms with Gasteiger partial charge in [0.15, 0.2) is 6.04 Å². The number of nitrogens with two attached hydrogens (primary N) is 1. The second kappa shape index (κ2) is 5.56. The van der Waals surface area contributed by atoms with Crippen molar-refractivity contribution < 1.29 is 19.8 Å². The maximum atomic E-state index is 11.2. The molecule has 0 bridgehead atoms. The summed E-state index contributed by atoms with van der Waals surface area (Å²) in [4.78, 5) is 21.8. The molecule has 0 aromatic heterocycles. The van der Waals surface area contributed by atoms with E-state index in [1.165, 1.54) is 6.92 Å². The Kier molecular flexibility index (Phi) is 5.11. The van der Waals surface area contributed by atoms with E-state index in [-0.39, 0.29) is 0 Å². The lowest BCUT2D eigenvalue weighted by molar-refractivity contribution is -0.145. The van der Waals surface area contributed by atoms with Crippen LogP contribution in [-0.4, -0.2) is 40.3 Å². The van der Waals surface area contributed by atoms with Crippen LogP contribution in [0.2, 0.25) is 0 Å². The predicted molar refractivity (Wildman–Crippen MR) is 49.5 cm³/mol. The molecule has 0 heterocycles. The van der Waals surface area contributed by atoms with E-state index in [0.717, 1.165) is 0 Å². The van der Waals surface area contributed by atoms with E-state index in [1.807, 2.05) is 0 Å². The van der Waals surface area contributed by atoms with E-state index in [1.54, 1.807) is 6.92 Å². The Bertz CT molecular complexity index is 217. The van der Waals surface area contributed by atoms with Gasteiger partial charge in [-0.25, -0.2) is 4.79 Å². The van der Waals surface area contributed by atoms with Gasteiger partial charge in [-0.1, -0.05) is 6.92 Å². The third-order valence-corrected chi connectivity index (χ3v) is 1.82. The van der Waals surface area contributed by atoms with Gasteiger partial charge in [0.1, 0.15) is 0 Å². The number of carboxylic acid groups (broad SMARTS) is 1. The lowest BCUT2D eigenvalue weighted by Crippen LogP contribution is -2.52. The van der Waals surface area contributed by atoms with Crippen LogP contribution in [0, 0.1) is 0 Å². The van der Waals surface area contributed by atoms with Crippen molar-refractivity contribution in [1.82, 2.24) is 5.32 Å². The molecule has 0 aliphatic rings. The molecule has 0 aliphatic heterocycles. The molecule has 0 fully saturated rings. The third kappa shape index (κ3) is 3.71. The van der Waals surface area contributed by atoms with Crippen LogP contribution in [0.5, 0.6) is 0 Å². The average Bonchev–Trinajstić information content (AvgIpc) is 2.11. The van der Waals surface area contributed by atoms with Gasteiger partial charge in [0, 0.05) is 0 Å². The van der Waals surface area contributed by atoms with Crippen LogP contribution in [-0.2, 0) is 9.59 Å². The molecule has 0 saturated heterocycles. The smallest absolute Gasteiger partial charge is 0.328 e. The Balaban J connectivity index is 4.31. The highest BCUT2D eigenvalue weighted by Gasteiger charge is 2.26. The number of hydrogen-bond donors (Lipinski definition) is 4. The summed E-state index contributed by atoms with van der Waals surface area (Å²) in [6.45, 7) is 3.00. The molecule has 82 valence electrons. The summed E-state index contributed by atoms with van der Waals surface area (Å²) >= 11 is 0. The third-order valence-electron chi connectivity index (χ3n) is 1.82. The minimum atomic E-state index is -1.31. The average molecular weight is 204 g/mol. The molecule has 0 radical (unpaired) electrons. The van der Waals surface area contributed by atoms with Crippen LogP contribution in [0.3, 0.4) is 0 Å². The summed E-state index contributed by atoms with van der Waals surface area (Å²) in [5.74, 6) is -1.85. The largest absolute Gasteiger partial charge is 0.480 e. The van der Waals surface area contributed by atoms with Gasteiger partial charge in [0.2, 0.25) is 5.91 Å². The lowest BCUT2D eigenvalue weighted by atomic mass is 10.1. The first-order valence-electron chi connectivity index (χ1n) is 4.37. The van der Waals surface area contributed by atoms with Crippen molar-refractivity contribution >= 4 is 11.9 Å². The number of aliphatic hydroxyl groups excluding tert-OH is 1. The van der Waals surface area contributed by atoms with E-state index < -0.39 is 30.1 Å². The minimum Gasteiger partial charge on any atom is -0.480 e. The summed E-state index contributed by atoms with van der Waals surface area (Å²) in [6, 6.07) is -2.05. The van der Waals surface area contributed by atoms with Gasteiger partial charge in [-0.15, -0.1) is 0 Å². The Hall–Kier alpha value is -1.14. The first kappa shape index (κ1) is 12.9. The zero-order valence-electron chi connectivity index (χ0n) is 8.23. The molecule has 0 unspecified atom stereocenters. The quantitative estimate of drug-likeness (QED) is 0.443. The standard InChI is InChI=1S/C8H16N2O4/c1-3-5(9)7(12)10-6(4(2)11)8(13)14/h4-6,11H,3,9H2,1-2H3,(H,10,12)(H,13,14)/t4-,5-,6-/m1/s1. The van der Waals surface area contributed by atoms with Crippen molar-refractivity contribution in [2.45, 2.75) is 38.5 Å². The number of carbonyl (C=O) groups excluding carboxylic acids is 1. The van der Waals surface area contributed by atoms with Crippen molar-refractivity contribution in [1.29, 1.82) is 0 Å². The molecule has 14 heavy (non-hydrogen) atoms. The molecule has 0 aliphatic carbocycles. The maximum absolute atomic E-state index is 11.2. The van der Waals surface area contributed by atoms with Gasteiger partial charge in [0.05, 0.1) is 12.1 Å². The first-order valence-corrected chi connectivity index (χ1v) is 4.37. The summed E-state index contributed by atoms with van der Waals surface area (Å²) in [7, 11) is 0. The minimum absolute atomic E-state index is 0.415. The maximum Gasteiger partial charge on any atom is 0.328 e. The number of carbonyl (C=O) groups is 2. The van der Waals surface area contributed by atoms with Crippen molar-refractivity contribution in [2.24, 2.45) is 5.73 Å². The fraction of sp³-hybridized carbons (Fsp3) is 0.750. The lowest BCUT2D eigenvalue weighted by Gasteiger charge is -2.18. The highest BCUT2D eigenvalue weighted by molar-refractivity contribution is 5.87. The monoisotopic (exact) mass is 204 g/mol. The molecule has 0 saturated carbocycles. The molecule has 0 aromatic rings. The zero-order valence-corrected chi connectivity index (χ0v) is 8.23. The Morgan fingerprint density at radius 3 is 2.29 bits per heavy atom. The molecular formula is C8H16N2O4. The molecule has 0 aromatic carbocycles. The number of nitrogens with one attached hydrogen (secondary N) is 1. The molecule has 1 amide bonds. The van der Waals surface area contributed by atoms with Gasteiger partial charge >= 0.3 is 5.97 Å². The van der Waals surface area contributed by atoms with Crippen LogP contribution in [0.4, 0.5) is 0 Å². The van der Waals surface area contributed by atoms with E-state index >= 15 is 0 Å². The highest BCUT2D eigenvalue weighted by Crippen LogP contribution is 1.95. The Morgan fingerprint density at radius 1 is 1.50 bits per heavy atom. The van der Waals surface area contributed by atoms with Crippen LogP contribution in [0.1, 0.15) is 20.3 Å². The topological polar surface area (TPSA) is 113 Å². The Morgan fingerprint density at radius 2 is 2.00 bits per heavy atom. The SMILES string of the molecule is CC[C@@H](N)C(=O)N[C@@H](C(=O)O)[C@@H](C)O.